The van der Waals surface area contributed by atoms with Crippen molar-refractivity contribution in [2.24, 2.45) is 0 Å². The molecule has 0 atom stereocenters. The fourth-order valence-corrected chi connectivity index (χ4v) is 2.44. The van der Waals surface area contributed by atoms with E-state index < -0.39 is 0 Å². The SMILES string of the molecule is CN(CCOc1ccc(F)cc1)C(=O)NCc1ccc(-n2ccnc2)cc1. The molecule has 3 aromatic rings. The fraction of sp³-hybridized carbons (Fsp3) is 0.200. The van der Waals surface area contributed by atoms with Gasteiger partial charge in [0.25, 0.3) is 0 Å². The Morgan fingerprint density at radius 1 is 1.19 bits per heavy atom. The van der Waals surface area contributed by atoms with Crippen LogP contribution in [0.15, 0.2) is 67.3 Å². The Morgan fingerprint density at radius 3 is 2.59 bits per heavy atom. The summed E-state index contributed by atoms with van der Waals surface area (Å²) in [6.45, 7) is 1.18. The molecule has 1 N–H and O–H groups in total. The molecule has 1 heterocycles. The number of urea groups is 1. The summed E-state index contributed by atoms with van der Waals surface area (Å²) in [5, 5.41) is 2.87. The van der Waals surface area contributed by atoms with Crippen LogP contribution in [0.2, 0.25) is 0 Å². The molecule has 140 valence electrons. The molecule has 0 fully saturated rings. The number of aromatic nitrogens is 2. The lowest BCUT2D eigenvalue weighted by atomic mass is 10.2. The van der Waals surface area contributed by atoms with Crippen molar-refractivity contribution >= 4 is 6.03 Å². The zero-order valence-corrected chi connectivity index (χ0v) is 15.0. The Hall–Kier alpha value is -3.35. The Balaban J connectivity index is 1.41. The Labute approximate surface area is 157 Å². The molecule has 0 aliphatic carbocycles. The topological polar surface area (TPSA) is 59.4 Å². The summed E-state index contributed by atoms with van der Waals surface area (Å²) in [7, 11) is 1.70. The summed E-state index contributed by atoms with van der Waals surface area (Å²) in [5.74, 6) is 0.264. The molecule has 0 spiro atoms. The van der Waals surface area contributed by atoms with Crippen LogP contribution in [0.4, 0.5) is 9.18 Å². The molecule has 1 aromatic heterocycles. The first-order valence-electron chi connectivity index (χ1n) is 8.56. The minimum Gasteiger partial charge on any atom is -0.492 e. The summed E-state index contributed by atoms with van der Waals surface area (Å²) < 4.78 is 20.3. The van der Waals surface area contributed by atoms with Crippen molar-refractivity contribution in [1.82, 2.24) is 19.8 Å². The monoisotopic (exact) mass is 368 g/mol. The molecule has 0 saturated heterocycles. The molecule has 2 aromatic carbocycles. The van der Waals surface area contributed by atoms with Crippen molar-refractivity contribution < 1.29 is 13.9 Å². The highest BCUT2D eigenvalue weighted by molar-refractivity contribution is 5.73. The number of halogens is 1. The number of nitrogens with zero attached hydrogens (tertiary/aromatic N) is 3. The average molecular weight is 368 g/mol. The van der Waals surface area contributed by atoms with E-state index in [0.717, 1.165) is 11.3 Å². The number of carbonyl (C=O) groups is 1. The van der Waals surface area contributed by atoms with Crippen molar-refractivity contribution in [3.8, 4) is 11.4 Å². The standard InChI is InChI=1S/C20H21FN4O2/c1-24(12-13-27-19-8-4-17(21)5-9-19)20(26)23-14-16-2-6-18(7-3-16)25-11-10-22-15-25/h2-11,15H,12-14H2,1H3,(H,23,26). The van der Waals surface area contributed by atoms with Crippen LogP contribution in [0, 0.1) is 5.82 Å². The minimum absolute atomic E-state index is 0.184. The molecule has 7 heteroatoms. The molecular weight excluding hydrogens is 347 g/mol. The van der Waals surface area contributed by atoms with Crippen molar-refractivity contribution in [3.63, 3.8) is 0 Å². The second-order valence-electron chi connectivity index (χ2n) is 6.02. The van der Waals surface area contributed by atoms with Crippen LogP contribution in [0.5, 0.6) is 5.75 Å². The van der Waals surface area contributed by atoms with Gasteiger partial charge in [0.1, 0.15) is 18.2 Å². The Bertz CT molecular complexity index is 849. The number of imidazole rings is 1. The molecule has 0 bridgehead atoms. The van der Waals surface area contributed by atoms with Gasteiger partial charge in [0.05, 0.1) is 12.9 Å². The Kier molecular flexibility index (Phi) is 6.04. The van der Waals surface area contributed by atoms with Crippen LogP contribution in [0.3, 0.4) is 0 Å². The molecule has 27 heavy (non-hydrogen) atoms. The van der Waals surface area contributed by atoms with E-state index in [0.29, 0.717) is 25.4 Å². The predicted molar refractivity (Wildman–Crippen MR) is 100 cm³/mol. The number of rotatable bonds is 7. The predicted octanol–water partition coefficient (Wildman–Crippen LogP) is 3.23. The highest BCUT2D eigenvalue weighted by Gasteiger charge is 2.08. The molecule has 0 unspecified atom stereocenters. The van der Waals surface area contributed by atoms with Crippen molar-refractivity contribution in [2.45, 2.75) is 6.54 Å². The van der Waals surface area contributed by atoms with E-state index in [1.807, 2.05) is 35.0 Å². The van der Waals surface area contributed by atoms with E-state index in [1.165, 1.54) is 12.1 Å². The molecular formula is C20H21FN4O2. The number of carbonyl (C=O) groups excluding carboxylic acids is 1. The van der Waals surface area contributed by atoms with Gasteiger partial charge in [-0.2, -0.15) is 0 Å². The van der Waals surface area contributed by atoms with E-state index in [9.17, 15) is 9.18 Å². The van der Waals surface area contributed by atoms with Gasteiger partial charge in [0.2, 0.25) is 0 Å². The maximum atomic E-state index is 12.8. The number of ether oxygens (including phenoxy) is 1. The number of nitrogens with one attached hydrogen (secondary N) is 1. The molecule has 6 nitrogen and oxygen atoms in total. The zero-order valence-electron chi connectivity index (χ0n) is 15.0. The summed E-state index contributed by atoms with van der Waals surface area (Å²) in [4.78, 5) is 17.7. The maximum absolute atomic E-state index is 12.8. The van der Waals surface area contributed by atoms with Gasteiger partial charge in [-0.1, -0.05) is 12.1 Å². The molecule has 0 aliphatic heterocycles. The van der Waals surface area contributed by atoms with Gasteiger partial charge < -0.3 is 19.5 Å². The van der Waals surface area contributed by atoms with E-state index in [-0.39, 0.29) is 11.8 Å². The van der Waals surface area contributed by atoms with Crippen molar-refractivity contribution in [2.75, 3.05) is 20.2 Å². The van der Waals surface area contributed by atoms with Gasteiger partial charge in [-0.25, -0.2) is 14.2 Å². The van der Waals surface area contributed by atoms with Crippen LogP contribution < -0.4 is 10.1 Å². The van der Waals surface area contributed by atoms with E-state index in [1.54, 1.807) is 36.6 Å². The number of benzene rings is 2. The molecule has 0 aliphatic rings. The van der Waals surface area contributed by atoms with Gasteiger partial charge in [-0.05, 0) is 42.0 Å². The van der Waals surface area contributed by atoms with Crippen LogP contribution in [0.1, 0.15) is 5.56 Å². The van der Waals surface area contributed by atoms with E-state index >= 15 is 0 Å². The highest BCUT2D eigenvalue weighted by Crippen LogP contribution is 2.11. The van der Waals surface area contributed by atoms with Gasteiger partial charge in [0.15, 0.2) is 0 Å². The molecule has 0 radical (unpaired) electrons. The quantitative estimate of drug-likeness (QED) is 0.697. The van der Waals surface area contributed by atoms with Crippen LogP contribution in [-0.4, -0.2) is 40.7 Å². The van der Waals surface area contributed by atoms with Crippen LogP contribution in [-0.2, 0) is 6.54 Å². The highest BCUT2D eigenvalue weighted by atomic mass is 19.1. The summed E-state index contributed by atoms with van der Waals surface area (Å²) in [6.07, 6.45) is 5.34. The lowest BCUT2D eigenvalue weighted by molar-refractivity contribution is 0.195. The number of hydrogen-bond donors (Lipinski definition) is 1. The first kappa shape index (κ1) is 18.4. The Morgan fingerprint density at radius 2 is 1.93 bits per heavy atom. The number of likely N-dealkylation sites (N-methyl/N-ethyl adjacent to an activating group) is 1. The third-order valence-corrected chi connectivity index (χ3v) is 4.04. The lowest BCUT2D eigenvalue weighted by Crippen LogP contribution is -2.39. The van der Waals surface area contributed by atoms with Crippen LogP contribution in [0.25, 0.3) is 5.69 Å². The lowest BCUT2D eigenvalue weighted by Gasteiger charge is -2.18. The first-order chi connectivity index (χ1) is 13.1. The second kappa shape index (κ2) is 8.84. The molecule has 3 rings (SSSR count). The third-order valence-electron chi connectivity index (χ3n) is 4.04. The maximum Gasteiger partial charge on any atom is 0.317 e. The van der Waals surface area contributed by atoms with E-state index in [2.05, 4.69) is 10.3 Å². The largest absolute Gasteiger partial charge is 0.492 e. The van der Waals surface area contributed by atoms with E-state index in [4.69, 9.17) is 4.74 Å². The molecule has 2 amide bonds. The minimum atomic E-state index is -0.308. The summed E-state index contributed by atoms with van der Waals surface area (Å²) >= 11 is 0. The normalized spacial score (nSPS) is 10.4. The molecule has 0 saturated carbocycles. The van der Waals surface area contributed by atoms with Crippen molar-refractivity contribution in [3.05, 3.63) is 78.6 Å². The number of hydrogen-bond acceptors (Lipinski definition) is 3. The van der Waals surface area contributed by atoms with Gasteiger partial charge in [-0.15, -0.1) is 0 Å². The van der Waals surface area contributed by atoms with Gasteiger partial charge >= 0.3 is 6.03 Å². The van der Waals surface area contributed by atoms with Gasteiger partial charge in [-0.3, -0.25) is 0 Å². The smallest absolute Gasteiger partial charge is 0.317 e. The zero-order chi connectivity index (χ0) is 19.1. The average Bonchev–Trinajstić information content (AvgIpc) is 3.23. The second-order valence-corrected chi connectivity index (χ2v) is 6.02. The van der Waals surface area contributed by atoms with Gasteiger partial charge in [0, 0.05) is 31.7 Å². The van der Waals surface area contributed by atoms with Crippen molar-refractivity contribution in [1.29, 1.82) is 0 Å². The number of amides is 2. The fourth-order valence-electron chi connectivity index (χ4n) is 2.44. The summed E-state index contributed by atoms with van der Waals surface area (Å²) in [5.41, 5.74) is 2.01. The third kappa shape index (κ3) is 5.31. The first-order valence-corrected chi connectivity index (χ1v) is 8.56. The summed E-state index contributed by atoms with van der Waals surface area (Å²) in [6, 6.07) is 13.5. The van der Waals surface area contributed by atoms with Crippen LogP contribution >= 0.6 is 0 Å².